The Morgan fingerprint density at radius 3 is 2.46 bits per heavy atom. The van der Waals surface area contributed by atoms with E-state index in [0.29, 0.717) is 49.1 Å². The van der Waals surface area contributed by atoms with Crippen molar-refractivity contribution in [2.75, 3.05) is 26.3 Å². The minimum atomic E-state index is -4.94. The van der Waals surface area contributed by atoms with Gasteiger partial charge in [0, 0.05) is 18.8 Å². The van der Waals surface area contributed by atoms with Crippen LogP contribution in [0.15, 0.2) is 82.0 Å². The second kappa shape index (κ2) is 12.0. The van der Waals surface area contributed by atoms with Crippen LogP contribution in [0.4, 0.5) is 13.2 Å². The number of morpholine rings is 1. The Kier molecular flexibility index (Phi) is 8.41. The van der Waals surface area contributed by atoms with Gasteiger partial charge in [0.15, 0.2) is 10.9 Å². The first-order valence-corrected chi connectivity index (χ1v) is 13.9. The van der Waals surface area contributed by atoms with E-state index in [-0.39, 0.29) is 17.5 Å². The Bertz CT molecular complexity index is 1400. The molecule has 0 radical (unpaired) electrons. The van der Waals surface area contributed by atoms with Gasteiger partial charge in [0.1, 0.15) is 11.5 Å². The molecule has 2 aromatic carbocycles. The van der Waals surface area contributed by atoms with E-state index in [2.05, 4.69) is 4.99 Å². The smallest absolute Gasteiger partial charge is 0.434 e. The first kappa shape index (κ1) is 28.7. The number of hydrogen-bond acceptors (Lipinski definition) is 8. The molecule has 0 saturated carbocycles. The number of fused-ring (bicyclic) bond motifs is 1. The molecular weight excluding hydrogens is 559 g/mol. The Labute approximate surface area is 239 Å². The van der Waals surface area contributed by atoms with Crippen molar-refractivity contribution in [1.82, 2.24) is 9.80 Å². The number of halogens is 3. The van der Waals surface area contributed by atoms with E-state index in [1.165, 1.54) is 4.90 Å². The van der Waals surface area contributed by atoms with Crippen molar-refractivity contribution in [2.45, 2.75) is 38.6 Å². The molecule has 1 atom stereocenters. The van der Waals surface area contributed by atoms with Gasteiger partial charge in [-0.05, 0) is 49.1 Å². The maximum absolute atomic E-state index is 14.4. The van der Waals surface area contributed by atoms with E-state index < -0.39 is 35.6 Å². The first-order chi connectivity index (χ1) is 19.6. The standard InChI is InChI=1S/C29H28F3N3O5S/c1-18(2)39-27(37)24-25(19-7-6-10-22(15-19)40-21-8-4-3-5-9-21)35-20(16-23(36)34-11-13-38-14-12-34)17-41-28(35)33-26(24)29(30,31)32/h3-10,15,17-18,25H,11-14,16H2,1-2H3/t25-/m1/s1. The number of allylic oxidation sites excluding steroid dienone is 1. The number of amides is 1. The van der Waals surface area contributed by atoms with Gasteiger partial charge in [0.05, 0.1) is 37.4 Å². The lowest BCUT2D eigenvalue weighted by Crippen LogP contribution is -2.43. The number of rotatable bonds is 7. The van der Waals surface area contributed by atoms with Gasteiger partial charge in [-0.3, -0.25) is 4.79 Å². The highest BCUT2D eigenvalue weighted by atomic mass is 32.2. The average molecular weight is 588 g/mol. The van der Waals surface area contributed by atoms with E-state index in [4.69, 9.17) is 14.2 Å². The van der Waals surface area contributed by atoms with Crippen LogP contribution >= 0.6 is 11.8 Å². The molecule has 1 amide bonds. The number of thioether (sulfide) groups is 1. The molecule has 1 fully saturated rings. The summed E-state index contributed by atoms with van der Waals surface area (Å²) in [7, 11) is 0. The van der Waals surface area contributed by atoms with Crippen LogP contribution in [0.5, 0.6) is 11.5 Å². The normalized spacial score (nSPS) is 19.1. The van der Waals surface area contributed by atoms with E-state index in [1.54, 1.807) is 72.7 Å². The maximum atomic E-state index is 14.4. The number of benzene rings is 2. The van der Waals surface area contributed by atoms with Crippen LogP contribution in [0.3, 0.4) is 0 Å². The maximum Gasteiger partial charge on any atom is 0.434 e. The molecule has 216 valence electrons. The Morgan fingerprint density at radius 1 is 1.07 bits per heavy atom. The fourth-order valence-electron chi connectivity index (χ4n) is 4.72. The van der Waals surface area contributed by atoms with Crippen molar-refractivity contribution >= 4 is 28.8 Å². The predicted molar refractivity (Wildman–Crippen MR) is 147 cm³/mol. The minimum Gasteiger partial charge on any atom is -0.459 e. The number of esters is 1. The van der Waals surface area contributed by atoms with Gasteiger partial charge < -0.3 is 24.0 Å². The summed E-state index contributed by atoms with van der Waals surface area (Å²) < 4.78 is 59.9. The quantitative estimate of drug-likeness (QED) is 0.379. The second-order valence-corrected chi connectivity index (χ2v) is 10.6. The summed E-state index contributed by atoms with van der Waals surface area (Å²) in [6.45, 7) is 4.79. The van der Waals surface area contributed by atoms with Crippen molar-refractivity contribution in [3.05, 3.63) is 82.5 Å². The number of alkyl halides is 3. The van der Waals surface area contributed by atoms with Crippen LogP contribution in [-0.4, -0.2) is 65.4 Å². The van der Waals surface area contributed by atoms with Crippen molar-refractivity contribution in [3.8, 4) is 11.5 Å². The van der Waals surface area contributed by atoms with Crippen LogP contribution < -0.4 is 4.74 Å². The third-order valence-electron chi connectivity index (χ3n) is 6.49. The van der Waals surface area contributed by atoms with Gasteiger partial charge >= 0.3 is 12.1 Å². The van der Waals surface area contributed by atoms with Gasteiger partial charge in [-0.25, -0.2) is 9.79 Å². The van der Waals surface area contributed by atoms with E-state index >= 15 is 0 Å². The Hall–Kier alpha value is -3.77. The third-order valence-corrected chi connectivity index (χ3v) is 7.38. The molecule has 5 rings (SSSR count). The number of carbonyl (C=O) groups excluding carboxylic acids is 2. The molecule has 12 heteroatoms. The number of nitrogens with zero attached hydrogens (tertiary/aromatic N) is 3. The fraction of sp³-hybridized carbons (Fsp3) is 0.345. The molecule has 3 aliphatic heterocycles. The summed E-state index contributed by atoms with van der Waals surface area (Å²) in [5.74, 6) is -0.428. The van der Waals surface area contributed by atoms with Gasteiger partial charge in [-0.1, -0.05) is 42.1 Å². The molecule has 0 aliphatic carbocycles. The van der Waals surface area contributed by atoms with Crippen LogP contribution in [0.25, 0.3) is 0 Å². The topological polar surface area (TPSA) is 80.7 Å². The van der Waals surface area contributed by atoms with Crippen LogP contribution in [0.1, 0.15) is 31.9 Å². The summed E-state index contributed by atoms with van der Waals surface area (Å²) in [5.41, 5.74) is -1.20. The SMILES string of the molecule is CC(C)OC(=O)C1=C(C(F)(F)F)N=C2SC=C(CC(=O)N3CCOCC3)N2[C@@H]1c1cccc(Oc2ccccc2)c1. The molecule has 0 unspecified atom stereocenters. The molecule has 0 aromatic heterocycles. The van der Waals surface area contributed by atoms with Crippen LogP contribution in [0, 0.1) is 0 Å². The lowest BCUT2D eigenvalue weighted by Gasteiger charge is -2.37. The van der Waals surface area contributed by atoms with Crippen molar-refractivity contribution in [2.24, 2.45) is 4.99 Å². The number of ether oxygens (including phenoxy) is 3. The molecule has 1 saturated heterocycles. The van der Waals surface area contributed by atoms with Crippen molar-refractivity contribution in [3.63, 3.8) is 0 Å². The van der Waals surface area contributed by atoms with Crippen molar-refractivity contribution < 1.29 is 37.0 Å². The second-order valence-electron chi connectivity index (χ2n) is 9.77. The lowest BCUT2D eigenvalue weighted by molar-refractivity contribution is -0.145. The number of aliphatic imine (C=N–C) groups is 1. The minimum absolute atomic E-state index is 0.0163. The van der Waals surface area contributed by atoms with Crippen LogP contribution in [0.2, 0.25) is 0 Å². The molecule has 2 aromatic rings. The molecular formula is C29H28F3N3O5S. The monoisotopic (exact) mass is 587 g/mol. The molecule has 3 aliphatic rings. The summed E-state index contributed by atoms with van der Waals surface area (Å²) >= 11 is 0.977. The number of hydrogen-bond donors (Lipinski definition) is 0. The van der Waals surface area contributed by atoms with Crippen molar-refractivity contribution in [1.29, 1.82) is 0 Å². The average Bonchev–Trinajstić information content (AvgIpc) is 3.34. The molecule has 3 heterocycles. The zero-order chi connectivity index (χ0) is 29.1. The number of para-hydroxylation sites is 1. The highest BCUT2D eigenvalue weighted by molar-refractivity contribution is 8.16. The Morgan fingerprint density at radius 2 is 1.78 bits per heavy atom. The molecule has 0 bridgehead atoms. The van der Waals surface area contributed by atoms with Gasteiger partial charge in [0.2, 0.25) is 5.91 Å². The molecule has 0 spiro atoms. The summed E-state index contributed by atoms with van der Waals surface area (Å²) in [6.07, 6.45) is -5.70. The zero-order valence-corrected chi connectivity index (χ0v) is 23.2. The predicted octanol–water partition coefficient (Wildman–Crippen LogP) is 5.80. The highest BCUT2D eigenvalue weighted by Gasteiger charge is 2.49. The lowest BCUT2D eigenvalue weighted by atomic mass is 9.93. The molecule has 0 N–H and O–H groups in total. The summed E-state index contributed by atoms with van der Waals surface area (Å²) in [5, 5.41) is 1.63. The third kappa shape index (κ3) is 6.43. The van der Waals surface area contributed by atoms with E-state index in [0.717, 1.165) is 11.8 Å². The van der Waals surface area contributed by atoms with E-state index in [1.807, 2.05) is 6.07 Å². The molecule has 8 nitrogen and oxygen atoms in total. The largest absolute Gasteiger partial charge is 0.459 e. The summed E-state index contributed by atoms with van der Waals surface area (Å²) in [6, 6.07) is 14.2. The van der Waals surface area contributed by atoms with Gasteiger partial charge in [0.25, 0.3) is 0 Å². The van der Waals surface area contributed by atoms with E-state index in [9.17, 15) is 22.8 Å². The summed E-state index contributed by atoms with van der Waals surface area (Å²) in [4.78, 5) is 33.6. The highest BCUT2D eigenvalue weighted by Crippen LogP contribution is 2.48. The zero-order valence-electron chi connectivity index (χ0n) is 22.4. The van der Waals surface area contributed by atoms with Crippen LogP contribution in [-0.2, 0) is 19.1 Å². The fourth-order valence-corrected chi connectivity index (χ4v) is 5.64. The number of carbonyl (C=O) groups is 2. The van der Waals surface area contributed by atoms with Gasteiger partial charge in [-0.2, -0.15) is 13.2 Å². The number of amidine groups is 1. The first-order valence-electron chi connectivity index (χ1n) is 13.1. The molecule has 41 heavy (non-hydrogen) atoms. The Balaban J connectivity index is 1.58. The van der Waals surface area contributed by atoms with Gasteiger partial charge in [-0.15, -0.1) is 0 Å².